The van der Waals surface area contributed by atoms with Gasteiger partial charge in [-0.05, 0) is 30.5 Å². The summed E-state index contributed by atoms with van der Waals surface area (Å²) in [5, 5.41) is 11.5. The smallest absolute Gasteiger partial charge is 0.0670 e. The number of rotatable bonds is 4. The summed E-state index contributed by atoms with van der Waals surface area (Å²) in [6, 6.07) is 5.40. The number of aliphatic hydroxyl groups excluding tert-OH is 1. The van der Waals surface area contributed by atoms with Crippen molar-refractivity contribution in [2.45, 2.75) is 24.9 Å². The Morgan fingerprint density at radius 2 is 2.16 bits per heavy atom. The molecule has 0 bridgehead atoms. The summed E-state index contributed by atoms with van der Waals surface area (Å²) in [5.74, 6) is -0.00165. The first-order valence-corrected chi connectivity index (χ1v) is 7.30. The van der Waals surface area contributed by atoms with Gasteiger partial charge in [0.1, 0.15) is 0 Å². The number of nitrogens with two attached hydrogens (primary N) is 1. The molecule has 0 amide bonds. The van der Waals surface area contributed by atoms with Crippen molar-refractivity contribution in [2.75, 3.05) is 19.8 Å². The van der Waals surface area contributed by atoms with Gasteiger partial charge < -0.3 is 15.6 Å². The molecule has 3 N–H and O–H groups in total. The lowest BCUT2D eigenvalue weighted by Crippen LogP contribution is -2.36. The zero-order valence-electron chi connectivity index (χ0n) is 10.7. The summed E-state index contributed by atoms with van der Waals surface area (Å²) in [4.78, 5) is 0. The van der Waals surface area contributed by atoms with E-state index in [2.05, 4.69) is 0 Å². The zero-order chi connectivity index (χ0) is 13.8. The maximum Gasteiger partial charge on any atom is 0.0670 e. The third kappa shape index (κ3) is 3.61. The first-order chi connectivity index (χ1) is 9.13. The van der Waals surface area contributed by atoms with E-state index < -0.39 is 6.10 Å². The van der Waals surface area contributed by atoms with E-state index in [4.69, 9.17) is 33.7 Å². The van der Waals surface area contributed by atoms with Crippen LogP contribution in [0.15, 0.2) is 18.2 Å². The summed E-state index contributed by atoms with van der Waals surface area (Å²) >= 11 is 11.9. The monoisotopic (exact) mass is 303 g/mol. The molecule has 1 fully saturated rings. The minimum absolute atomic E-state index is 0.136. The number of halogens is 2. The van der Waals surface area contributed by atoms with E-state index in [0.717, 1.165) is 25.0 Å². The quantitative estimate of drug-likeness (QED) is 0.899. The van der Waals surface area contributed by atoms with E-state index in [1.54, 1.807) is 12.1 Å². The molecule has 3 atom stereocenters. The second-order valence-electron chi connectivity index (χ2n) is 4.98. The molecule has 2 rings (SSSR count). The van der Waals surface area contributed by atoms with Crippen LogP contribution in [0, 0.1) is 5.92 Å². The van der Waals surface area contributed by atoms with Crippen molar-refractivity contribution in [3.8, 4) is 0 Å². The molecule has 0 aliphatic carbocycles. The molecule has 3 unspecified atom stereocenters. The van der Waals surface area contributed by atoms with Crippen LogP contribution < -0.4 is 5.73 Å². The average Bonchev–Trinajstić information content (AvgIpc) is 2.44. The Bertz CT molecular complexity index is 422. The lowest BCUT2D eigenvalue weighted by Gasteiger charge is -2.32. The van der Waals surface area contributed by atoms with Crippen molar-refractivity contribution < 1.29 is 9.84 Å². The van der Waals surface area contributed by atoms with Gasteiger partial charge in [0, 0.05) is 25.0 Å². The largest absolute Gasteiger partial charge is 0.392 e. The Labute approximate surface area is 123 Å². The molecule has 0 radical (unpaired) electrons. The van der Waals surface area contributed by atoms with Crippen LogP contribution in [-0.2, 0) is 4.74 Å². The predicted octanol–water partition coefficient (Wildman–Crippen LogP) is 2.82. The SMILES string of the molecule is NCC(c1ccc(Cl)c(Cl)c1)C(O)C1CCCOC1. The fourth-order valence-electron chi connectivity index (χ4n) is 2.58. The van der Waals surface area contributed by atoms with E-state index in [1.165, 1.54) is 0 Å². The second-order valence-corrected chi connectivity index (χ2v) is 5.80. The summed E-state index contributed by atoms with van der Waals surface area (Å²) < 4.78 is 5.43. The van der Waals surface area contributed by atoms with Gasteiger partial charge in [-0.2, -0.15) is 0 Å². The lowest BCUT2D eigenvalue weighted by molar-refractivity contribution is -0.0184. The third-order valence-electron chi connectivity index (χ3n) is 3.72. The Balaban J connectivity index is 2.15. The highest BCUT2D eigenvalue weighted by Gasteiger charge is 2.29. The Morgan fingerprint density at radius 1 is 1.37 bits per heavy atom. The van der Waals surface area contributed by atoms with E-state index in [9.17, 15) is 5.11 Å². The normalized spacial score (nSPS) is 23.1. The molecule has 1 saturated heterocycles. The molecule has 1 aromatic rings. The summed E-state index contributed by atoms with van der Waals surface area (Å²) in [6.45, 7) is 1.75. The van der Waals surface area contributed by atoms with Gasteiger partial charge in [0.25, 0.3) is 0 Å². The van der Waals surface area contributed by atoms with Crippen molar-refractivity contribution in [1.82, 2.24) is 0 Å². The highest BCUT2D eigenvalue weighted by molar-refractivity contribution is 6.42. The summed E-state index contributed by atoms with van der Waals surface area (Å²) in [5.41, 5.74) is 6.75. The molecule has 0 spiro atoms. The van der Waals surface area contributed by atoms with Crippen molar-refractivity contribution in [3.05, 3.63) is 33.8 Å². The summed E-state index contributed by atoms with van der Waals surface area (Å²) in [7, 11) is 0. The third-order valence-corrected chi connectivity index (χ3v) is 4.46. The molecular formula is C14H19Cl2NO2. The highest BCUT2D eigenvalue weighted by atomic mass is 35.5. The van der Waals surface area contributed by atoms with E-state index in [1.807, 2.05) is 6.07 Å². The van der Waals surface area contributed by atoms with Gasteiger partial charge in [-0.25, -0.2) is 0 Å². The van der Waals surface area contributed by atoms with Crippen molar-refractivity contribution >= 4 is 23.2 Å². The molecule has 3 nitrogen and oxygen atoms in total. The van der Waals surface area contributed by atoms with Crippen LogP contribution >= 0.6 is 23.2 Å². The fourth-order valence-corrected chi connectivity index (χ4v) is 2.89. The van der Waals surface area contributed by atoms with Crippen molar-refractivity contribution in [3.63, 3.8) is 0 Å². The molecule has 106 valence electrons. The number of hydrogen-bond donors (Lipinski definition) is 2. The van der Waals surface area contributed by atoms with Crippen LogP contribution in [0.1, 0.15) is 24.3 Å². The molecule has 1 aliphatic heterocycles. The van der Waals surface area contributed by atoms with E-state index >= 15 is 0 Å². The van der Waals surface area contributed by atoms with Gasteiger partial charge in [0.05, 0.1) is 22.8 Å². The maximum absolute atomic E-state index is 10.5. The number of aliphatic hydroxyl groups is 1. The lowest BCUT2D eigenvalue weighted by atomic mass is 9.83. The second kappa shape index (κ2) is 6.91. The topological polar surface area (TPSA) is 55.5 Å². The van der Waals surface area contributed by atoms with Crippen LogP contribution in [0.4, 0.5) is 0 Å². The van der Waals surface area contributed by atoms with Gasteiger partial charge in [0.15, 0.2) is 0 Å². The molecule has 1 heterocycles. The van der Waals surface area contributed by atoms with Crippen LogP contribution in [0.25, 0.3) is 0 Å². The van der Waals surface area contributed by atoms with E-state index in [0.29, 0.717) is 23.2 Å². The average molecular weight is 304 g/mol. The van der Waals surface area contributed by atoms with Gasteiger partial charge in [-0.3, -0.25) is 0 Å². The number of ether oxygens (including phenoxy) is 1. The number of hydrogen-bond acceptors (Lipinski definition) is 3. The van der Waals surface area contributed by atoms with Gasteiger partial charge in [0.2, 0.25) is 0 Å². The van der Waals surface area contributed by atoms with Crippen LogP contribution in [-0.4, -0.2) is 31.0 Å². The van der Waals surface area contributed by atoms with Gasteiger partial charge in [-0.15, -0.1) is 0 Å². The molecule has 0 saturated carbocycles. The molecule has 5 heteroatoms. The number of benzene rings is 1. The minimum atomic E-state index is -0.512. The van der Waals surface area contributed by atoms with Crippen LogP contribution in [0.5, 0.6) is 0 Å². The standard InChI is InChI=1S/C14H19Cl2NO2/c15-12-4-3-9(6-13(12)16)11(7-17)14(18)10-2-1-5-19-8-10/h3-4,6,10-11,14,18H,1-2,5,7-8,17H2. The first-order valence-electron chi connectivity index (χ1n) is 6.54. The highest BCUT2D eigenvalue weighted by Crippen LogP contribution is 2.31. The van der Waals surface area contributed by atoms with Crippen LogP contribution in [0.3, 0.4) is 0 Å². The van der Waals surface area contributed by atoms with Crippen molar-refractivity contribution in [1.29, 1.82) is 0 Å². The van der Waals surface area contributed by atoms with Gasteiger partial charge >= 0.3 is 0 Å². The minimum Gasteiger partial charge on any atom is -0.392 e. The van der Waals surface area contributed by atoms with Crippen LogP contribution in [0.2, 0.25) is 10.0 Å². The summed E-state index contributed by atoms with van der Waals surface area (Å²) in [6.07, 6.45) is 1.45. The van der Waals surface area contributed by atoms with E-state index in [-0.39, 0.29) is 11.8 Å². The fraction of sp³-hybridized carbons (Fsp3) is 0.571. The molecule has 0 aromatic heterocycles. The Hall–Kier alpha value is -0.320. The molecule has 1 aromatic carbocycles. The van der Waals surface area contributed by atoms with Gasteiger partial charge in [-0.1, -0.05) is 29.3 Å². The molecular weight excluding hydrogens is 285 g/mol. The maximum atomic E-state index is 10.5. The predicted molar refractivity (Wildman–Crippen MR) is 77.8 cm³/mol. The Kier molecular flexibility index (Phi) is 5.48. The zero-order valence-corrected chi connectivity index (χ0v) is 12.2. The van der Waals surface area contributed by atoms with Crippen molar-refractivity contribution in [2.24, 2.45) is 11.7 Å². The Morgan fingerprint density at radius 3 is 2.74 bits per heavy atom. The molecule has 19 heavy (non-hydrogen) atoms. The first kappa shape index (κ1) is 15.1. The molecule has 1 aliphatic rings.